The average Bonchev–Trinajstić information content (AvgIpc) is 3.16. The second-order valence-electron chi connectivity index (χ2n) is 5.76. The van der Waals surface area contributed by atoms with E-state index in [-0.39, 0.29) is 5.92 Å². The Kier molecular flexibility index (Phi) is 5.01. The van der Waals surface area contributed by atoms with Gasteiger partial charge in [-0.1, -0.05) is 19.5 Å². The number of aliphatic hydroxyl groups is 1. The maximum atomic E-state index is 14.7. The van der Waals surface area contributed by atoms with Crippen LogP contribution in [0, 0.1) is 0 Å². The standard InChI is InChI=1S/C14H20FN5O4/c1-3-7(2)10-11-13(17-5-16-10)20(6-18-11)14-9(15)12(24-19-22)8(4-21)23-14/h5-9,12,14,19,21-22H,3-4H2,1-2H3/t7?,8?,9-,12-,14?/m1/s1. The van der Waals surface area contributed by atoms with Crippen LogP contribution in [0.25, 0.3) is 11.2 Å². The first-order chi connectivity index (χ1) is 11.6. The van der Waals surface area contributed by atoms with Crippen LogP contribution in [0.2, 0.25) is 0 Å². The summed E-state index contributed by atoms with van der Waals surface area (Å²) in [6.45, 7) is 3.62. The summed E-state index contributed by atoms with van der Waals surface area (Å²) < 4.78 is 21.7. The lowest BCUT2D eigenvalue weighted by atomic mass is 10.0. The highest BCUT2D eigenvalue weighted by atomic mass is 19.1. The fourth-order valence-electron chi connectivity index (χ4n) is 2.88. The minimum Gasteiger partial charge on any atom is -0.394 e. The van der Waals surface area contributed by atoms with Crippen LogP contribution in [-0.2, 0) is 9.57 Å². The molecule has 3 heterocycles. The molecule has 132 valence electrons. The van der Waals surface area contributed by atoms with Gasteiger partial charge in [0, 0.05) is 5.92 Å². The normalized spacial score (nSPS) is 28.5. The molecule has 1 aliphatic rings. The van der Waals surface area contributed by atoms with Gasteiger partial charge in [-0.2, -0.15) is 0 Å². The molecule has 3 rings (SSSR count). The van der Waals surface area contributed by atoms with E-state index in [1.54, 1.807) is 0 Å². The van der Waals surface area contributed by atoms with E-state index in [9.17, 15) is 9.50 Å². The molecule has 0 bridgehead atoms. The predicted molar refractivity (Wildman–Crippen MR) is 79.7 cm³/mol. The molecule has 2 aromatic heterocycles. The van der Waals surface area contributed by atoms with Crippen LogP contribution < -0.4 is 5.64 Å². The highest BCUT2D eigenvalue weighted by Gasteiger charge is 2.47. The van der Waals surface area contributed by atoms with Gasteiger partial charge in [0.2, 0.25) is 0 Å². The summed E-state index contributed by atoms with van der Waals surface area (Å²) in [5.41, 5.74) is 3.28. The van der Waals surface area contributed by atoms with Crippen molar-refractivity contribution in [3.8, 4) is 0 Å². The zero-order chi connectivity index (χ0) is 17.3. The molecule has 0 radical (unpaired) electrons. The van der Waals surface area contributed by atoms with Gasteiger partial charge in [0.15, 0.2) is 18.0 Å². The van der Waals surface area contributed by atoms with Gasteiger partial charge in [-0.3, -0.25) is 14.6 Å². The quantitative estimate of drug-likeness (QED) is 0.663. The Morgan fingerprint density at radius 2 is 2.25 bits per heavy atom. The zero-order valence-electron chi connectivity index (χ0n) is 13.3. The van der Waals surface area contributed by atoms with E-state index < -0.39 is 31.2 Å². The number of halogens is 1. The largest absolute Gasteiger partial charge is 0.394 e. The van der Waals surface area contributed by atoms with E-state index in [4.69, 9.17) is 14.8 Å². The molecule has 0 spiro atoms. The molecule has 9 nitrogen and oxygen atoms in total. The lowest BCUT2D eigenvalue weighted by Gasteiger charge is -2.16. The van der Waals surface area contributed by atoms with Crippen molar-refractivity contribution in [2.75, 3.05) is 6.61 Å². The molecular weight excluding hydrogens is 321 g/mol. The van der Waals surface area contributed by atoms with Crippen molar-refractivity contribution in [1.82, 2.24) is 25.2 Å². The monoisotopic (exact) mass is 341 g/mol. The van der Waals surface area contributed by atoms with Crippen LogP contribution in [0.5, 0.6) is 0 Å². The van der Waals surface area contributed by atoms with Gasteiger partial charge in [-0.05, 0) is 6.42 Å². The predicted octanol–water partition coefficient (Wildman–Crippen LogP) is 0.847. The van der Waals surface area contributed by atoms with Gasteiger partial charge < -0.3 is 9.84 Å². The summed E-state index contributed by atoms with van der Waals surface area (Å²) in [6, 6.07) is 0. The second kappa shape index (κ2) is 7.03. The fraction of sp³-hybridized carbons (Fsp3) is 0.643. The van der Waals surface area contributed by atoms with Crippen molar-refractivity contribution in [2.45, 2.75) is 50.8 Å². The molecule has 0 aliphatic carbocycles. The Hall–Kier alpha value is -1.72. The van der Waals surface area contributed by atoms with Gasteiger partial charge in [0.1, 0.15) is 24.1 Å². The number of imidazole rings is 1. The third kappa shape index (κ3) is 2.76. The van der Waals surface area contributed by atoms with Gasteiger partial charge in [0.25, 0.3) is 0 Å². The number of ether oxygens (including phenoxy) is 1. The zero-order valence-corrected chi connectivity index (χ0v) is 13.3. The first-order valence-electron chi connectivity index (χ1n) is 7.74. The number of hydrogen-bond donors (Lipinski definition) is 3. The van der Waals surface area contributed by atoms with E-state index >= 15 is 0 Å². The Morgan fingerprint density at radius 1 is 1.46 bits per heavy atom. The number of nitrogens with zero attached hydrogens (tertiary/aromatic N) is 4. The first kappa shape index (κ1) is 17.1. The van der Waals surface area contributed by atoms with Crippen LogP contribution in [0.4, 0.5) is 4.39 Å². The molecule has 5 atom stereocenters. The Labute approximate surface area is 137 Å². The van der Waals surface area contributed by atoms with Crippen LogP contribution in [-0.4, -0.2) is 54.8 Å². The summed E-state index contributed by atoms with van der Waals surface area (Å²) in [5, 5.41) is 18.0. The molecule has 0 aromatic carbocycles. The average molecular weight is 341 g/mol. The van der Waals surface area contributed by atoms with Gasteiger partial charge in [-0.25, -0.2) is 19.3 Å². The van der Waals surface area contributed by atoms with Crippen molar-refractivity contribution in [2.24, 2.45) is 0 Å². The Bertz CT molecular complexity index is 699. The maximum absolute atomic E-state index is 14.7. The molecule has 0 saturated carbocycles. The molecule has 1 fully saturated rings. The Morgan fingerprint density at radius 3 is 2.92 bits per heavy atom. The molecular formula is C14H20FN5O4. The number of hydrogen-bond acceptors (Lipinski definition) is 8. The summed E-state index contributed by atoms with van der Waals surface area (Å²) >= 11 is 0. The highest BCUT2D eigenvalue weighted by molar-refractivity contribution is 5.73. The second-order valence-corrected chi connectivity index (χ2v) is 5.76. The highest BCUT2D eigenvalue weighted by Crippen LogP contribution is 2.35. The number of aromatic nitrogens is 4. The van der Waals surface area contributed by atoms with Crippen molar-refractivity contribution >= 4 is 11.2 Å². The minimum absolute atomic E-state index is 0.185. The number of aliphatic hydroxyl groups excluding tert-OH is 1. The summed E-state index contributed by atoms with van der Waals surface area (Å²) in [4.78, 5) is 17.5. The molecule has 1 aliphatic heterocycles. The number of alkyl halides is 1. The van der Waals surface area contributed by atoms with Crippen molar-refractivity contribution in [1.29, 1.82) is 0 Å². The summed E-state index contributed by atoms with van der Waals surface area (Å²) in [7, 11) is 0. The van der Waals surface area contributed by atoms with Gasteiger partial charge in [0.05, 0.1) is 18.6 Å². The number of rotatable bonds is 6. The minimum atomic E-state index is -1.64. The van der Waals surface area contributed by atoms with E-state index in [2.05, 4.69) is 15.0 Å². The van der Waals surface area contributed by atoms with Gasteiger partial charge >= 0.3 is 0 Å². The maximum Gasteiger partial charge on any atom is 0.176 e. The fourth-order valence-corrected chi connectivity index (χ4v) is 2.88. The van der Waals surface area contributed by atoms with E-state index in [0.717, 1.165) is 12.1 Å². The molecule has 1 saturated heterocycles. The van der Waals surface area contributed by atoms with E-state index in [0.29, 0.717) is 11.2 Å². The lowest BCUT2D eigenvalue weighted by molar-refractivity contribution is -0.187. The number of nitrogens with one attached hydrogen (secondary N) is 1. The molecule has 24 heavy (non-hydrogen) atoms. The van der Waals surface area contributed by atoms with Crippen molar-refractivity contribution in [3.05, 3.63) is 18.3 Å². The molecule has 10 heteroatoms. The van der Waals surface area contributed by atoms with Crippen LogP contribution in [0.3, 0.4) is 0 Å². The van der Waals surface area contributed by atoms with E-state index in [1.807, 2.05) is 13.8 Å². The van der Waals surface area contributed by atoms with Gasteiger partial charge in [-0.15, -0.1) is 0 Å². The topological polar surface area (TPSA) is 115 Å². The summed E-state index contributed by atoms with van der Waals surface area (Å²) in [5.74, 6) is 0.185. The van der Waals surface area contributed by atoms with Crippen LogP contribution in [0.15, 0.2) is 12.7 Å². The Balaban J connectivity index is 1.98. The van der Waals surface area contributed by atoms with Crippen LogP contribution >= 0.6 is 0 Å². The smallest absolute Gasteiger partial charge is 0.176 e. The lowest BCUT2D eigenvalue weighted by Crippen LogP contribution is -2.37. The van der Waals surface area contributed by atoms with Crippen molar-refractivity contribution < 1.29 is 24.3 Å². The third-order valence-corrected chi connectivity index (χ3v) is 4.38. The van der Waals surface area contributed by atoms with E-state index in [1.165, 1.54) is 22.9 Å². The molecule has 3 N–H and O–H groups in total. The summed E-state index contributed by atoms with van der Waals surface area (Å²) in [6.07, 6.45) is -1.08. The molecule has 3 unspecified atom stereocenters. The SMILES string of the molecule is CCC(C)c1ncnc2c1ncn2C1OC(CO)[C@@H](ONO)[C@H]1F. The molecule has 0 amide bonds. The third-order valence-electron chi connectivity index (χ3n) is 4.38. The van der Waals surface area contributed by atoms with Crippen LogP contribution in [0.1, 0.15) is 38.1 Å². The number of fused-ring (bicyclic) bond motifs is 1. The molecule has 2 aromatic rings. The first-order valence-corrected chi connectivity index (χ1v) is 7.74. The van der Waals surface area contributed by atoms with Crippen molar-refractivity contribution in [3.63, 3.8) is 0 Å².